The molecule has 0 radical (unpaired) electrons. The van der Waals surface area contributed by atoms with Crippen molar-refractivity contribution in [3.8, 4) is 0 Å². The van der Waals surface area contributed by atoms with E-state index in [1.165, 1.54) is 17.1 Å². The van der Waals surface area contributed by atoms with Gasteiger partial charge in [0.25, 0.3) is 5.91 Å². The Balaban J connectivity index is 1.54. The topological polar surface area (TPSA) is 82.4 Å². The number of halogens is 1. The molecule has 35 heavy (non-hydrogen) atoms. The van der Waals surface area contributed by atoms with E-state index in [2.05, 4.69) is 15.3 Å². The smallest absolute Gasteiger partial charge is 0.317 e. The number of benzene rings is 1. The first kappa shape index (κ1) is 24.9. The van der Waals surface area contributed by atoms with Gasteiger partial charge in [-0.2, -0.15) is 5.10 Å². The number of morpholine rings is 1. The van der Waals surface area contributed by atoms with E-state index in [9.17, 15) is 14.0 Å². The van der Waals surface area contributed by atoms with Crippen molar-refractivity contribution in [3.63, 3.8) is 0 Å². The highest BCUT2D eigenvalue weighted by atomic mass is 19.1. The number of aromatic nitrogens is 1. The second-order valence-corrected chi connectivity index (χ2v) is 8.77. The number of ether oxygens (including phenoxy) is 1. The zero-order valence-electron chi connectivity index (χ0n) is 20.3. The van der Waals surface area contributed by atoms with Crippen molar-refractivity contribution in [1.29, 1.82) is 0 Å². The standard InChI is InChI=1S/C25H33FN6O3/c1-3-27-25(34)31(12-11-30-13-15-35-16-14-30)18-24(33)32-23(19-6-8-20(26)9-7-19)17-21(28-32)22-5-4-10-29(22)2/h4-10,23H,3,11-18H2,1-2H3,(H,27,34)/t23-/m0/s1. The van der Waals surface area contributed by atoms with Gasteiger partial charge in [0, 0.05) is 52.4 Å². The Morgan fingerprint density at radius 2 is 1.94 bits per heavy atom. The van der Waals surface area contributed by atoms with Crippen LogP contribution in [-0.4, -0.2) is 89.5 Å². The maximum absolute atomic E-state index is 13.6. The molecule has 0 saturated carbocycles. The second kappa shape index (κ2) is 11.5. The Bertz CT molecular complexity index is 1050. The van der Waals surface area contributed by atoms with Gasteiger partial charge in [-0.15, -0.1) is 0 Å². The molecule has 1 aromatic carbocycles. The quantitative estimate of drug-likeness (QED) is 0.623. The summed E-state index contributed by atoms with van der Waals surface area (Å²) in [5.41, 5.74) is 2.49. The molecule has 1 aromatic heterocycles. The van der Waals surface area contributed by atoms with Crippen LogP contribution in [0.5, 0.6) is 0 Å². The van der Waals surface area contributed by atoms with Crippen molar-refractivity contribution in [1.82, 2.24) is 24.7 Å². The summed E-state index contributed by atoms with van der Waals surface area (Å²) in [7, 11) is 1.93. The van der Waals surface area contributed by atoms with Gasteiger partial charge in [-0.25, -0.2) is 14.2 Å². The van der Waals surface area contributed by atoms with Gasteiger partial charge in [0.1, 0.15) is 12.4 Å². The van der Waals surface area contributed by atoms with Gasteiger partial charge in [-0.1, -0.05) is 12.1 Å². The minimum Gasteiger partial charge on any atom is -0.379 e. The number of amides is 3. The van der Waals surface area contributed by atoms with Crippen LogP contribution in [0.3, 0.4) is 0 Å². The molecule has 1 N–H and O–H groups in total. The number of carbonyl (C=O) groups excluding carboxylic acids is 2. The molecule has 3 heterocycles. The van der Waals surface area contributed by atoms with Crippen molar-refractivity contribution in [3.05, 3.63) is 59.7 Å². The molecule has 0 unspecified atom stereocenters. The van der Waals surface area contributed by atoms with E-state index in [0.717, 1.165) is 30.1 Å². The zero-order valence-corrected chi connectivity index (χ0v) is 20.3. The Labute approximate surface area is 205 Å². The zero-order chi connectivity index (χ0) is 24.8. The number of aryl methyl sites for hydroxylation is 1. The summed E-state index contributed by atoms with van der Waals surface area (Å²) in [5.74, 6) is -0.615. The molecule has 0 aliphatic carbocycles. The molecule has 2 aliphatic heterocycles. The van der Waals surface area contributed by atoms with Crippen molar-refractivity contribution in [2.24, 2.45) is 12.1 Å². The van der Waals surface area contributed by atoms with E-state index in [-0.39, 0.29) is 30.3 Å². The summed E-state index contributed by atoms with van der Waals surface area (Å²) < 4.78 is 20.9. The highest BCUT2D eigenvalue weighted by molar-refractivity contribution is 6.02. The van der Waals surface area contributed by atoms with Crippen LogP contribution in [-0.2, 0) is 16.6 Å². The van der Waals surface area contributed by atoms with E-state index in [4.69, 9.17) is 4.74 Å². The lowest BCUT2D eigenvalue weighted by atomic mass is 10.0. The fourth-order valence-corrected chi connectivity index (χ4v) is 4.44. The van der Waals surface area contributed by atoms with Gasteiger partial charge in [0.15, 0.2) is 0 Å². The van der Waals surface area contributed by atoms with Gasteiger partial charge in [0.2, 0.25) is 0 Å². The first-order chi connectivity index (χ1) is 17.0. The van der Waals surface area contributed by atoms with Crippen LogP contribution in [0.25, 0.3) is 0 Å². The Morgan fingerprint density at radius 3 is 2.60 bits per heavy atom. The third kappa shape index (κ3) is 6.07. The lowest BCUT2D eigenvalue weighted by Crippen LogP contribution is -2.49. The molecule has 4 rings (SSSR count). The van der Waals surface area contributed by atoms with Crippen LogP contribution >= 0.6 is 0 Å². The maximum atomic E-state index is 13.6. The van der Waals surface area contributed by atoms with Gasteiger partial charge in [-0.05, 0) is 36.8 Å². The molecule has 1 atom stereocenters. The molecule has 10 heteroatoms. The summed E-state index contributed by atoms with van der Waals surface area (Å²) in [6, 6.07) is 9.38. The van der Waals surface area contributed by atoms with Gasteiger partial charge in [-0.3, -0.25) is 9.69 Å². The van der Waals surface area contributed by atoms with Crippen LogP contribution in [0.1, 0.15) is 30.6 Å². The maximum Gasteiger partial charge on any atom is 0.317 e. The highest BCUT2D eigenvalue weighted by Crippen LogP contribution is 2.33. The summed E-state index contributed by atoms with van der Waals surface area (Å²) >= 11 is 0. The van der Waals surface area contributed by atoms with Gasteiger partial charge in [0.05, 0.1) is 30.7 Å². The number of urea groups is 1. The normalized spacial score (nSPS) is 18.4. The van der Waals surface area contributed by atoms with Crippen LogP contribution in [0.4, 0.5) is 9.18 Å². The molecule has 188 valence electrons. The predicted octanol–water partition coefficient (Wildman–Crippen LogP) is 2.21. The number of nitrogens with one attached hydrogen (secondary N) is 1. The average Bonchev–Trinajstić information content (AvgIpc) is 3.49. The van der Waals surface area contributed by atoms with Crippen LogP contribution in [0.15, 0.2) is 47.7 Å². The highest BCUT2D eigenvalue weighted by Gasteiger charge is 2.35. The summed E-state index contributed by atoms with van der Waals surface area (Å²) in [6.07, 6.45) is 2.43. The molecule has 0 bridgehead atoms. The Morgan fingerprint density at radius 1 is 1.20 bits per heavy atom. The van der Waals surface area contributed by atoms with E-state index in [1.807, 2.05) is 36.9 Å². The monoisotopic (exact) mass is 484 g/mol. The molecule has 1 saturated heterocycles. The third-order valence-electron chi connectivity index (χ3n) is 6.39. The van der Waals surface area contributed by atoms with E-state index in [0.29, 0.717) is 39.3 Å². The van der Waals surface area contributed by atoms with Crippen molar-refractivity contribution >= 4 is 17.6 Å². The van der Waals surface area contributed by atoms with Crippen molar-refractivity contribution < 1.29 is 18.7 Å². The fourth-order valence-electron chi connectivity index (χ4n) is 4.44. The predicted molar refractivity (Wildman–Crippen MR) is 130 cm³/mol. The van der Waals surface area contributed by atoms with Gasteiger partial charge >= 0.3 is 6.03 Å². The second-order valence-electron chi connectivity index (χ2n) is 8.77. The molecule has 3 amide bonds. The molecular weight excluding hydrogens is 451 g/mol. The molecule has 2 aliphatic rings. The number of rotatable bonds is 8. The fraction of sp³-hybridized carbons (Fsp3) is 0.480. The minimum absolute atomic E-state index is 0.0994. The number of nitrogens with zero attached hydrogens (tertiary/aromatic N) is 5. The first-order valence-electron chi connectivity index (χ1n) is 12.1. The number of carbonyl (C=O) groups is 2. The largest absolute Gasteiger partial charge is 0.379 e. The lowest BCUT2D eigenvalue weighted by molar-refractivity contribution is -0.133. The third-order valence-corrected chi connectivity index (χ3v) is 6.39. The molecule has 9 nitrogen and oxygen atoms in total. The molecule has 0 spiro atoms. The SMILES string of the molecule is CCNC(=O)N(CCN1CCOCC1)CC(=O)N1N=C(c2cccn2C)C[C@H]1c1ccc(F)cc1. The number of hydrogen-bond acceptors (Lipinski definition) is 5. The van der Waals surface area contributed by atoms with Crippen molar-refractivity contribution in [2.75, 3.05) is 52.5 Å². The van der Waals surface area contributed by atoms with Crippen LogP contribution in [0, 0.1) is 5.82 Å². The summed E-state index contributed by atoms with van der Waals surface area (Å²) in [6.45, 7) is 6.25. The number of hydrazone groups is 1. The Kier molecular flexibility index (Phi) is 8.14. The summed E-state index contributed by atoms with van der Waals surface area (Å²) in [4.78, 5) is 30.1. The average molecular weight is 485 g/mol. The molecule has 2 aromatic rings. The van der Waals surface area contributed by atoms with Crippen LogP contribution in [0.2, 0.25) is 0 Å². The molecular formula is C25H33FN6O3. The van der Waals surface area contributed by atoms with Crippen LogP contribution < -0.4 is 5.32 Å². The Hall–Kier alpha value is -3.24. The van der Waals surface area contributed by atoms with E-state index in [1.54, 1.807) is 17.0 Å². The van der Waals surface area contributed by atoms with E-state index >= 15 is 0 Å². The van der Waals surface area contributed by atoms with Gasteiger partial charge < -0.3 is 19.5 Å². The number of hydrogen-bond donors (Lipinski definition) is 1. The van der Waals surface area contributed by atoms with E-state index < -0.39 is 0 Å². The molecule has 1 fully saturated rings. The van der Waals surface area contributed by atoms with Crippen molar-refractivity contribution in [2.45, 2.75) is 19.4 Å². The summed E-state index contributed by atoms with van der Waals surface area (Å²) in [5, 5.41) is 8.94. The first-order valence-corrected chi connectivity index (χ1v) is 12.1. The lowest BCUT2D eigenvalue weighted by Gasteiger charge is -2.31. The minimum atomic E-state index is -0.372.